The fourth-order valence-corrected chi connectivity index (χ4v) is 1.64. The molecule has 0 unspecified atom stereocenters. The molecule has 2 aromatic rings. The highest BCUT2D eigenvalue weighted by Gasteiger charge is 1.98. The monoisotopic (exact) mass is 235 g/mol. The molecule has 1 aromatic carbocycles. The molecule has 1 N–H and O–H groups in total. The van der Waals surface area contributed by atoms with Gasteiger partial charge in [-0.1, -0.05) is 24.3 Å². The zero-order valence-corrected chi connectivity index (χ0v) is 9.91. The maximum atomic E-state index is 5.73. The molecular weight excluding hydrogens is 222 g/mol. The molecule has 0 fully saturated rings. The van der Waals surface area contributed by atoms with E-state index >= 15 is 0 Å². The number of imidazole rings is 1. The first-order valence-electron chi connectivity index (χ1n) is 5.14. The third kappa shape index (κ3) is 2.55. The largest absolute Gasteiger partial charge is 0.352 e. The summed E-state index contributed by atoms with van der Waals surface area (Å²) in [5.74, 6) is 1.44. The highest BCUT2D eigenvalue weighted by Crippen LogP contribution is 2.09. The van der Waals surface area contributed by atoms with Crippen LogP contribution in [-0.2, 0) is 19.5 Å². The number of anilines is 1. The highest BCUT2D eigenvalue weighted by molar-refractivity contribution is 6.17. The SMILES string of the molecule is Cn1ccnc1NCc1ccc(CCl)cc1. The molecule has 0 atom stereocenters. The molecule has 84 valence electrons. The van der Waals surface area contributed by atoms with E-state index in [-0.39, 0.29) is 0 Å². The summed E-state index contributed by atoms with van der Waals surface area (Å²) in [6.45, 7) is 0.771. The van der Waals surface area contributed by atoms with Crippen molar-refractivity contribution in [3.05, 3.63) is 47.8 Å². The van der Waals surface area contributed by atoms with Crippen LogP contribution in [0.5, 0.6) is 0 Å². The molecule has 3 nitrogen and oxygen atoms in total. The van der Waals surface area contributed by atoms with Crippen molar-refractivity contribution in [2.24, 2.45) is 7.05 Å². The molecule has 0 bridgehead atoms. The number of nitrogens with one attached hydrogen (secondary N) is 1. The van der Waals surface area contributed by atoms with E-state index in [4.69, 9.17) is 11.6 Å². The number of hydrogen-bond donors (Lipinski definition) is 1. The lowest BCUT2D eigenvalue weighted by Crippen LogP contribution is -2.04. The number of alkyl halides is 1. The van der Waals surface area contributed by atoms with Gasteiger partial charge in [0.2, 0.25) is 5.95 Å². The molecule has 1 aromatic heterocycles. The normalized spacial score (nSPS) is 10.4. The zero-order valence-electron chi connectivity index (χ0n) is 9.15. The Kier molecular flexibility index (Phi) is 3.47. The molecule has 0 saturated carbocycles. The Labute approximate surface area is 100 Å². The number of aryl methyl sites for hydroxylation is 1. The van der Waals surface area contributed by atoms with Gasteiger partial charge in [-0.15, -0.1) is 11.6 Å². The van der Waals surface area contributed by atoms with E-state index in [0.717, 1.165) is 18.1 Å². The maximum absolute atomic E-state index is 5.73. The van der Waals surface area contributed by atoms with Crippen LogP contribution in [0.2, 0.25) is 0 Å². The average molecular weight is 236 g/mol. The van der Waals surface area contributed by atoms with Crippen LogP contribution in [-0.4, -0.2) is 9.55 Å². The molecule has 16 heavy (non-hydrogen) atoms. The van der Waals surface area contributed by atoms with E-state index in [0.29, 0.717) is 5.88 Å². The van der Waals surface area contributed by atoms with Crippen molar-refractivity contribution >= 4 is 17.5 Å². The molecule has 4 heteroatoms. The topological polar surface area (TPSA) is 29.9 Å². The first kappa shape index (κ1) is 11.0. The first-order valence-corrected chi connectivity index (χ1v) is 5.68. The number of benzene rings is 1. The Balaban J connectivity index is 1.97. The highest BCUT2D eigenvalue weighted by atomic mass is 35.5. The van der Waals surface area contributed by atoms with Gasteiger partial charge in [0.25, 0.3) is 0 Å². The van der Waals surface area contributed by atoms with Crippen molar-refractivity contribution in [2.75, 3.05) is 5.32 Å². The first-order chi connectivity index (χ1) is 7.79. The van der Waals surface area contributed by atoms with Crippen molar-refractivity contribution in [3.8, 4) is 0 Å². The van der Waals surface area contributed by atoms with Crippen LogP contribution in [0.25, 0.3) is 0 Å². The lowest BCUT2D eigenvalue weighted by Gasteiger charge is -2.06. The van der Waals surface area contributed by atoms with E-state index < -0.39 is 0 Å². The van der Waals surface area contributed by atoms with Gasteiger partial charge in [0.1, 0.15) is 0 Å². The molecule has 0 amide bonds. The van der Waals surface area contributed by atoms with Gasteiger partial charge in [-0.3, -0.25) is 0 Å². The van der Waals surface area contributed by atoms with Crippen LogP contribution in [0, 0.1) is 0 Å². The predicted octanol–water partition coefficient (Wildman–Crippen LogP) is 2.77. The number of nitrogens with zero attached hydrogens (tertiary/aromatic N) is 2. The number of rotatable bonds is 4. The van der Waals surface area contributed by atoms with E-state index in [1.165, 1.54) is 5.56 Å². The van der Waals surface area contributed by atoms with E-state index in [9.17, 15) is 0 Å². The summed E-state index contributed by atoms with van der Waals surface area (Å²) in [4.78, 5) is 4.20. The Morgan fingerprint density at radius 3 is 2.50 bits per heavy atom. The second kappa shape index (κ2) is 5.03. The zero-order chi connectivity index (χ0) is 11.4. The van der Waals surface area contributed by atoms with Gasteiger partial charge < -0.3 is 9.88 Å². The minimum Gasteiger partial charge on any atom is -0.352 e. The van der Waals surface area contributed by atoms with Crippen LogP contribution in [0.4, 0.5) is 5.95 Å². The molecule has 0 aliphatic rings. The number of aromatic nitrogens is 2. The molecule has 0 saturated heterocycles. The second-order valence-corrected chi connectivity index (χ2v) is 3.93. The fourth-order valence-electron chi connectivity index (χ4n) is 1.46. The summed E-state index contributed by atoms with van der Waals surface area (Å²) >= 11 is 5.73. The van der Waals surface area contributed by atoms with Crippen molar-refractivity contribution in [2.45, 2.75) is 12.4 Å². The van der Waals surface area contributed by atoms with Gasteiger partial charge in [0.15, 0.2) is 0 Å². The molecular formula is C12H14ClN3. The van der Waals surface area contributed by atoms with Crippen LogP contribution in [0.15, 0.2) is 36.7 Å². The summed E-state index contributed by atoms with van der Waals surface area (Å²) < 4.78 is 1.95. The smallest absolute Gasteiger partial charge is 0.202 e. The summed E-state index contributed by atoms with van der Waals surface area (Å²) in [6.07, 6.45) is 3.69. The Morgan fingerprint density at radius 2 is 1.94 bits per heavy atom. The number of halogens is 1. The van der Waals surface area contributed by atoms with Gasteiger partial charge in [0, 0.05) is 31.9 Å². The van der Waals surface area contributed by atoms with E-state index in [1.807, 2.05) is 29.9 Å². The summed E-state index contributed by atoms with van der Waals surface area (Å²) in [7, 11) is 1.96. The second-order valence-electron chi connectivity index (χ2n) is 3.67. The van der Waals surface area contributed by atoms with Crippen LogP contribution >= 0.6 is 11.6 Å². The van der Waals surface area contributed by atoms with Gasteiger partial charge in [0.05, 0.1) is 0 Å². The standard InChI is InChI=1S/C12H14ClN3/c1-16-7-6-14-12(16)15-9-11-4-2-10(8-13)3-5-11/h2-7H,8-9H2,1H3,(H,14,15). The Hall–Kier alpha value is -1.48. The van der Waals surface area contributed by atoms with Crippen molar-refractivity contribution < 1.29 is 0 Å². The third-order valence-electron chi connectivity index (χ3n) is 2.45. The van der Waals surface area contributed by atoms with Crippen molar-refractivity contribution in [3.63, 3.8) is 0 Å². The summed E-state index contributed by atoms with van der Waals surface area (Å²) in [5.41, 5.74) is 2.36. The summed E-state index contributed by atoms with van der Waals surface area (Å²) in [5, 5.41) is 3.27. The minimum atomic E-state index is 0.563. The Bertz CT molecular complexity index is 448. The Morgan fingerprint density at radius 1 is 1.25 bits per heavy atom. The van der Waals surface area contributed by atoms with Crippen molar-refractivity contribution in [1.29, 1.82) is 0 Å². The van der Waals surface area contributed by atoms with Crippen LogP contribution in [0.3, 0.4) is 0 Å². The summed E-state index contributed by atoms with van der Waals surface area (Å²) in [6, 6.07) is 8.24. The van der Waals surface area contributed by atoms with Gasteiger partial charge in [-0.2, -0.15) is 0 Å². The molecule has 1 heterocycles. The lowest BCUT2D eigenvalue weighted by molar-refractivity contribution is 0.900. The lowest BCUT2D eigenvalue weighted by atomic mass is 10.1. The molecule has 0 radical (unpaired) electrons. The van der Waals surface area contributed by atoms with Gasteiger partial charge in [-0.05, 0) is 11.1 Å². The van der Waals surface area contributed by atoms with Crippen molar-refractivity contribution in [1.82, 2.24) is 9.55 Å². The van der Waals surface area contributed by atoms with Gasteiger partial charge in [-0.25, -0.2) is 4.98 Å². The average Bonchev–Trinajstić information content (AvgIpc) is 2.73. The van der Waals surface area contributed by atoms with E-state index in [1.54, 1.807) is 6.20 Å². The van der Waals surface area contributed by atoms with E-state index in [2.05, 4.69) is 22.4 Å². The van der Waals surface area contributed by atoms with Crippen LogP contribution < -0.4 is 5.32 Å². The minimum absolute atomic E-state index is 0.563. The number of hydrogen-bond acceptors (Lipinski definition) is 2. The molecule has 0 aliphatic heterocycles. The van der Waals surface area contributed by atoms with Crippen LogP contribution in [0.1, 0.15) is 11.1 Å². The molecule has 0 aliphatic carbocycles. The predicted molar refractivity (Wildman–Crippen MR) is 66.5 cm³/mol. The van der Waals surface area contributed by atoms with Gasteiger partial charge >= 0.3 is 0 Å². The molecule has 0 spiro atoms. The fraction of sp³-hybridized carbons (Fsp3) is 0.250. The quantitative estimate of drug-likeness (QED) is 0.826. The third-order valence-corrected chi connectivity index (χ3v) is 2.76. The molecule has 2 rings (SSSR count). The maximum Gasteiger partial charge on any atom is 0.202 e.